The Balaban J connectivity index is 2.25. The summed E-state index contributed by atoms with van der Waals surface area (Å²) in [7, 11) is 0. The van der Waals surface area contributed by atoms with Crippen molar-refractivity contribution in [2.24, 2.45) is 5.92 Å². The molecular weight excluding hydrogens is 286 g/mol. The quantitative estimate of drug-likeness (QED) is 0.760. The molecule has 6 heteroatoms. The first-order chi connectivity index (χ1) is 9.00. The second kappa shape index (κ2) is 8.07. The van der Waals surface area contributed by atoms with E-state index in [-0.39, 0.29) is 11.7 Å². The SMILES string of the molecule is CC(CCNC(=O)CSc1ccccc1Cl)C(=O)O. The standard InChI is InChI=1S/C13H16ClNO3S/c1-9(13(17)18)6-7-15-12(16)8-19-11-5-3-2-4-10(11)14/h2-5,9H,6-8H2,1H3,(H,15,16)(H,17,18). The minimum absolute atomic E-state index is 0.123. The van der Waals surface area contributed by atoms with Crippen molar-refractivity contribution in [3.8, 4) is 0 Å². The van der Waals surface area contributed by atoms with Gasteiger partial charge in [0.1, 0.15) is 0 Å². The van der Waals surface area contributed by atoms with Crippen LogP contribution in [0, 0.1) is 5.92 Å². The van der Waals surface area contributed by atoms with Crippen LogP contribution in [0.3, 0.4) is 0 Å². The summed E-state index contributed by atoms with van der Waals surface area (Å²) in [6.45, 7) is 1.99. The minimum Gasteiger partial charge on any atom is -0.481 e. The van der Waals surface area contributed by atoms with Gasteiger partial charge in [-0.2, -0.15) is 0 Å². The molecule has 2 N–H and O–H groups in total. The van der Waals surface area contributed by atoms with E-state index in [2.05, 4.69) is 5.32 Å². The van der Waals surface area contributed by atoms with E-state index >= 15 is 0 Å². The van der Waals surface area contributed by atoms with E-state index in [4.69, 9.17) is 16.7 Å². The van der Waals surface area contributed by atoms with Crippen LogP contribution in [0.5, 0.6) is 0 Å². The number of thioether (sulfide) groups is 1. The zero-order chi connectivity index (χ0) is 14.3. The van der Waals surface area contributed by atoms with Gasteiger partial charge < -0.3 is 10.4 Å². The first-order valence-electron chi connectivity index (χ1n) is 5.87. The molecule has 0 spiro atoms. The lowest BCUT2D eigenvalue weighted by Crippen LogP contribution is -2.28. The molecule has 0 saturated heterocycles. The lowest BCUT2D eigenvalue weighted by atomic mass is 10.1. The predicted molar refractivity (Wildman–Crippen MR) is 76.6 cm³/mol. The van der Waals surface area contributed by atoms with Gasteiger partial charge in [0.25, 0.3) is 0 Å². The summed E-state index contributed by atoms with van der Waals surface area (Å²) in [5.41, 5.74) is 0. The number of hydrogen-bond acceptors (Lipinski definition) is 3. The van der Waals surface area contributed by atoms with Gasteiger partial charge in [-0.3, -0.25) is 9.59 Å². The maximum absolute atomic E-state index is 11.6. The number of carbonyl (C=O) groups is 2. The number of hydrogen-bond donors (Lipinski definition) is 2. The molecule has 0 aromatic heterocycles. The summed E-state index contributed by atoms with van der Waals surface area (Å²) in [5.74, 6) is -1.15. The Bertz CT molecular complexity index is 453. The zero-order valence-corrected chi connectivity index (χ0v) is 12.1. The van der Waals surface area contributed by atoms with Crippen molar-refractivity contribution >= 4 is 35.2 Å². The number of carbonyl (C=O) groups excluding carboxylic acids is 1. The van der Waals surface area contributed by atoms with E-state index in [1.54, 1.807) is 13.0 Å². The lowest BCUT2D eigenvalue weighted by Gasteiger charge is -2.08. The molecule has 1 rings (SSSR count). The van der Waals surface area contributed by atoms with E-state index in [1.165, 1.54) is 11.8 Å². The number of aliphatic carboxylic acids is 1. The monoisotopic (exact) mass is 301 g/mol. The van der Waals surface area contributed by atoms with Crippen LogP contribution in [-0.2, 0) is 9.59 Å². The van der Waals surface area contributed by atoms with E-state index in [1.807, 2.05) is 18.2 Å². The summed E-state index contributed by atoms with van der Waals surface area (Å²) in [6.07, 6.45) is 0.428. The minimum atomic E-state index is -0.848. The normalized spacial score (nSPS) is 11.9. The van der Waals surface area contributed by atoms with Gasteiger partial charge in [0, 0.05) is 11.4 Å². The second-order valence-corrected chi connectivity index (χ2v) is 5.52. The van der Waals surface area contributed by atoms with Gasteiger partial charge in [-0.05, 0) is 18.6 Å². The number of amides is 1. The Morgan fingerprint density at radius 3 is 2.74 bits per heavy atom. The largest absolute Gasteiger partial charge is 0.481 e. The summed E-state index contributed by atoms with van der Waals surface area (Å²) in [4.78, 5) is 23.0. The van der Waals surface area contributed by atoms with Crippen LogP contribution in [0.1, 0.15) is 13.3 Å². The molecule has 0 aliphatic heterocycles. The summed E-state index contributed by atoms with van der Waals surface area (Å²) in [6, 6.07) is 7.32. The first kappa shape index (κ1) is 15.9. The Kier molecular flexibility index (Phi) is 6.73. The zero-order valence-electron chi connectivity index (χ0n) is 10.6. The fourth-order valence-electron chi connectivity index (χ4n) is 1.31. The van der Waals surface area contributed by atoms with Gasteiger partial charge in [-0.25, -0.2) is 0 Å². The predicted octanol–water partition coefficient (Wildman–Crippen LogP) is 2.66. The Hall–Kier alpha value is -1.20. The van der Waals surface area contributed by atoms with Gasteiger partial charge in [-0.1, -0.05) is 30.7 Å². The Labute approximate surface area is 121 Å². The van der Waals surface area contributed by atoms with Crippen LogP contribution in [0.4, 0.5) is 0 Å². The molecule has 0 radical (unpaired) electrons. The van der Waals surface area contributed by atoms with E-state index < -0.39 is 11.9 Å². The van der Waals surface area contributed by atoms with Crippen molar-refractivity contribution in [1.82, 2.24) is 5.32 Å². The molecule has 4 nitrogen and oxygen atoms in total. The molecule has 0 heterocycles. The van der Waals surface area contributed by atoms with Crippen molar-refractivity contribution in [3.05, 3.63) is 29.3 Å². The van der Waals surface area contributed by atoms with Gasteiger partial charge in [0.15, 0.2) is 0 Å². The summed E-state index contributed by atoms with van der Waals surface area (Å²) < 4.78 is 0. The molecule has 0 fully saturated rings. The molecule has 0 saturated carbocycles. The maximum Gasteiger partial charge on any atom is 0.306 e. The summed E-state index contributed by atoms with van der Waals surface area (Å²) in [5, 5.41) is 12.0. The number of rotatable bonds is 7. The average molecular weight is 302 g/mol. The number of carboxylic acid groups (broad SMARTS) is 1. The molecule has 0 aliphatic rings. The van der Waals surface area contributed by atoms with Crippen molar-refractivity contribution in [2.45, 2.75) is 18.2 Å². The highest BCUT2D eigenvalue weighted by Crippen LogP contribution is 2.26. The fourth-order valence-corrected chi connectivity index (χ4v) is 2.38. The summed E-state index contributed by atoms with van der Waals surface area (Å²) >= 11 is 7.33. The number of nitrogens with one attached hydrogen (secondary N) is 1. The van der Waals surface area contributed by atoms with Crippen molar-refractivity contribution in [1.29, 1.82) is 0 Å². The van der Waals surface area contributed by atoms with Crippen LogP contribution in [-0.4, -0.2) is 29.3 Å². The highest BCUT2D eigenvalue weighted by atomic mass is 35.5. The van der Waals surface area contributed by atoms with Crippen LogP contribution in [0.15, 0.2) is 29.2 Å². The van der Waals surface area contributed by atoms with Crippen molar-refractivity contribution < 1.29 is 14.7 Å². The van der Waals surface area contributed by atoms with Gasteiger partial charge >= 0.3 is 5.97 Å². The van der Waals surface area contributed by atoms with E-state index in [0.717, 1.165) is 4.90 Å². The smallest absolute Gasteiger partial charge is 0.306 e. The lowest BCUT2D eigenvalue weighted by molar-refractivity contribution is -0.141. The highest BCUT2D eigenvalue weighted by molar-refractivity contribution is 8.00. The van der Waals surface area contributed by atoms with Gasteiger partial charge in [0.2, 0.25) is 5.91 Å². The van der Waals surface area contributed by atoms with Crippen LogP contribution in [0.25, 0.3) is 0 Å². The second-order valence-electron chi connectivity index (χ2n) is 4.10. The molecular formula is C13H16ClNO3S. The fraction of sp³-hybridized carbons (Fsp3) is 0.385. The van der Waals surface area contributed by atoms with Crippen LogP contribution < -0.4 is 5.32 Å². The molecule has 104 valence electrons. The third kappa shape index (κ3) is 5.98. The topological polar surface area (TPSA) is 66.4 Å². The number of benzene rings is 1. The van der Waals surface area contributed by atoms with E-state index in [0.29, 0.717) is 18.0 Å². The van der Waals surface area contributed by atoms with Crippen LogP contribution in [0.2, 0.25) is 5.02 Å². The molecule has 1 aromatic carbocycles. The molecule has 1 unspecified atom stereocenters. The van der Waals surface area contributed by atoms with Crippen molar-refractivity contribution in [2.75, 3.05) is 12.3 Å². The molecule has 0 bridgehead atoms. The number of halogens is 1. The Morgan fingerprint density at radius 2 is 2.11 bits per heavy atom. The third-order valence-electron chi connectivity index (χ3n) is 2.52. The van der Waals surface area contributed by atoms with Gasteiger partial charge in [0.05, 0.1) is 16.7 Å². The van der Waals surface area contributed by atoms with E-state index in [9.17, 15) is 9.59 Å². The van der Waals surface area contributed by atoms with Crippen LogP contribution >= 0.6 is 23.4 Å². The van der Waals surface area contributed by atoms with Gasteiger partial charge in [-0.15, -0.1) is 11.8 Å². The molecule has 0 aliphatic carbocycles. The molecule has 1 amide bonds. The first-order valence-corrected chi connectivity index (χ1v) is 7.24. The van der Waals surface area contributed by atoms with Crippen molar-refractivity contribution in [3.63, 3.8) is 0 Å². The maximum atomic E-state index is 11.6. The highest BCUT2D eigenvalue weighted by Gasteiger charge is 2.11. The molecule has 1 aromatic rings. The average Bonchev–Trinajstić information content (AvgIpc) is 2.37. The third-order valence-corrected chi connectivity index (χ3v) is 4.03. The molecule has 19 heavy (non-hydrogen) atoms. The number of carboxylic acids is 1. The Morgan fingerprint density at radius 1 is 1.42 bits per heavy atom. The molecule has 1 atom stereocenters.